The Labute approximate surface area is 213 Å². The normalized spacial score (nSPS) is 11.2. The zero-order valence-corrected chi connectivity index (χ0v) is 23.1. The number of halogens is 5. The smallest absolute Gasteiger partial charge is 0.0712 e. The van der Waals surface area contributed by atoms with Crippen LogP contribution in [0.4, 0.5) is 0 Å². The van der Waals surface area contributed by atoms with Crippen LogP contribution in [0.2, 0.25) is 0 Å². The van der Waals surface area contributed by atoms with Crippen LogP contribution in [0.25, 0.3) is 21.9 Å². The van der Waals surface area contributed by atoms with Crippen molar-refractivity contribution in [3.63, 3.8) is 0 Å². The molecule has 0 unspecified atom stereocenters. The lowest BCUT2D eigenvalue weighted by Crippen LogP contribution is -1.98. The molecule has 0 bridgehead atoms. The molecular weight excluding hydrogens is 688 g/mol. The highest BCUT2D eigenvalue weighted by Gasteiger charge is 2.22. The van der Waals surface area contributed by atoms with Gasteiger partial charge in [-0.1, -0.05) is 171 Å². The Kier molecular flexibility index (Phi) is 8.58. The van der Waals surface area contributed by atoms with Gasteiger partial charge in [0.1, 0.15) is 0 Å². The van der Waals surface area contributed by atoms with Crippen LogP contribution in [-0.4, -0.2) is 0 Å². The third-order valence-electron chi connectivity index (χ3n) is 4.34. The van der Waals surface area contributed by atoms with Crippen LogP contribution in [0.15, 0.2) is 97.1 Å². The van der Waals surface area contributed by atoms with Gasteiger partial charge < -0.3 is 0 Å². The van der Waals surface area contributed by atoms with Crippen molar-refractivity contribution in [3.05, 3.63) is 108 Å². The van der Waals surface area contributed by atoms with E-state index in [1.165, 1.54) is 33.0 Å². The van der Waals surface area contributed by atoms with E-state index in [1.54, 1.807) is 0 Å². The van der Waals surface area contributed by atoms with Crippen LogP contribution in [-0.2, 0) is 2.14 Å². The highest BCUT2D eigenvalue weighted by Crippen LogP contribution is 2.46. The Morgan fingerprint density at radius 3 is 1.86 bits per heavy atom. The average Bonchev–Trinajstić information content (AvgIpc) is 2.74. The molecule has 0 atom stereocenters. The lowest BCUT2D eigenvalue weighted by molar-refractivity contribution is 1.41. The Hall–Kier alpha value is -0.460. The van der Waals surface area contributed by atoms with E-state index in [0.29, 0.717) is 0 Å². The van der Waals surface area contributed by atoms with Crippen LogP contribution in [0.5, 0.6) is 0 Å². The number of hydrogen-bond donors (Lipinski definition) is 0. The van der Waals surface area contributed by atoms with E-state index in [4.69, 9.17) is 0 Å². The molecule has 0 fully saturated rings. The average molecular weight is 705 g/mol. The Morgan fingerprint density at radius 2 is 1.17 bits per heavy atom. The second-order valence-electron chi connectivity index (χ2n) is 6.32. The molecule has 0 saturated carbocycles. The zero-order valence-electron chi connectivity index (χ0n) is 15.2. The molecular formula is C24H17Br5. The van der Waals surface area contributed by atoms with Crippen molar-refractivity contribution in [2.24, 2.45) is 0 Å². The van der Waals surface area contributed by atoms with Gasteiger partial charge in [0.2, 0.25) is 0 Å². The van der Waals surface area contributed by atoms with Gasteiger partial charge in [0.05, 0.1) is 3.74 Å². The van der Waals surface area contributed by atoms with Crippen molar-refractivity contribution >= 4 is 90.4 Å². The third-order valence-corrected chi connectivity index (χ3v) is 6.68. The van der Waals surface area contributed by atoms with Gasteiger partial charge >= 0.3 is 0 Å². The first kappa shape index (κ1) is 23.2. The minimum Gasteiger partial charge on any atom is -0.0712 e. The molecule has 0 aliphatic heterocycles. The van der Waals surface area contributed by atoms with Crippen molar-refractivity contribution in [2.75, 3.05) is 0 Å². The standard InChI is InChI=1S/C13H10Br2.C11H7Br3/c14-13(15)12-8-4-7-11(9-12)10-5-2-1-3-6-10;12-11(13,14)10-7-3-5-8-4-1-2-6-9(8)10/h1-9,13H;1-7H. The topological polar surface area (TPSA) is 0 Å². The van der Waals surface area contributed by atoms with E-state index in [-0.39, 0.29) is 5.88 Å². The summed E-state index contributed by atoms with van der Waals surface area (Å²) in [6, 6.07) is 33.4. The van der Waals surface area contributed by atoms with Crippen LogP contribution >= 0.6 is 79.6 Å². The molecule has 0 saturated heterocycles. The van der Waals surface area contributed by atoms with Gasteiger partial charge in [0.25, 0.3) is 0 Å². The van der Waals surface area contributed by atoms with Gasteiger partial charge in [-0.05, 0) is 39.1 Å². The number of fused-ring (bicyclic) bond motifs is 1. The third kappa shape index (κ3) is 6.51. The summed E-state index contributed by atoms with van der Waals surface area (Å²) in [5.74, 6) is 0. The van der Waals surface area contributed by atoms with Gasteiger partial charge in [-0.2, -0.15) is 0 Å². The van der Waals surface area contributed by atoms with Crippen molar-refractivity contribution in [3.8, 4) is 11.1 Å². The van der Waals surface area contributed by atoms with E-state index in [2.05, 4.69) is 159 Å². The number of alkyl halides is 5. The Morgan fingerprint density at radius 1 is 0.586 bits per heavy atom. The Bertz CT molecular complexity index is 1060. The predicted octanol–water partition coefficient (Wildman–Crippen LogP) is 10.3. The summed E-state index contributed by atoms with van der Waals surface area (Å²) in [7, 11) is 0. The highest BCUT2D eigenvalue weighted by molar-refractivity contribution is 9.38. The summed E-state index contributed by atoms with van der Waals surface area (Å²) in [5, 5.41) is 2.48. The van der Waals surface area contributed by atoms with E-state index in [9.17, 15) is 0 Å². The largest absolute Gasteiger partial charge is 0.160 e. The van der Waals surface area contributed by atoms with Crippen LogP contribution < -0.4 is 0 Å². The van der Waals surface area contributed by atoms with Gasteiger partial charge in [-0.15, -0.1) is 0 Å². The van der Waals surface area contributed by atoms with E-state index in [0.717, 1.165) is 0 Å². The van der Waals surface area contributed by atoms with Crippen LogP contribution in [0.3, 0.4) is 0 Å². The van der Waals surface area contributed by atoms with Gasteiger partial charge in [-0.25, -0.2) is 0 Å². The fraction of sp³-hybridized carbons (Fsp3) is 0.0833. The lowest BCUT2D eigenvalue weighted by Gasteiger charge is -2.15. The Balaban J connectivity index is 0.000000166. The number of hydrogen-bond acceptors (Lipinski definition) is 0. The molecule has 4 aromatic carbocycles. The fourth-order valence-electron chi connectivity index (χ4n) is 2.96. The van der Waals surface area contributed by atoms with Gasteiger partial charge in [0, 0.05) is 0 Å². The van der Waals surface area contributed by atoms with Crippen molar-refractivity contribution in [2.45, 2.75) is 5.88 Å². The van der Waals surface area contributed by atoms with Gasteiger partial charge in [0.15, 0.2) is 2.14 Å². The molecule has 4 rings (SSSR count). The van der Waals surface area contributed by atoms with E-state index < -0.39 is 0 Å². The molecule has 0 radical (unpaired) electrons. The zero-order chi connectivity index (χ0) is 20.9. The van der Waals surface area contributed by atoms with E-state index in [1.807, 2.05) is 18.2 Å². The summed E-state index contributed by atoms with van der Waals surface area (Å²) in [4.78, 5) is 0. The molecule has 0 nitrogen and oxygen atoms in total. The number of rotatable bonds is 2. The monoisotopic (exact) mass is 700 g/mol. The molecule has 0 aliphatic carbocycles. The maximum Gasteiger partial charge on any atom is 0.160 e. The van der Waals surface area contributed by atoms with Crippen LogP contribution in [0, 0.1) is 0 Å². The maximum atomic E-state index is 3.54. The molecule has 4 aromatic rings. The summed E-state index contributed by atoms with van der Waals surface area (Å²) in [6.07, 6.45) is 0. The molecule has 0 aromatic heterocycles. The van der Waals surface area contributed by atoms with E-state index >= 15 is 0 Å². The summed E-state index contributed by atoms with van der Waals surface area (Å²) < 4.78 is -0.123. The highest BCUT2D eigenvalue weighted by atomic mass is 80.0. The van der Waals surface area contributed by atoms with Crippen molar-refractivity contribution < 1.29 is 0 Å². The maximum absolute atomic E-state index is 3.54. The predicted molar refractivity (Wildman–Crippen MR) is 145 cm³/mol. The van der Waals surface area contributed by atoms with Crippen molar-refractivity contribution in [1.82, 2.24) is 0 Å². The van der Waals surface area contributed by atoms with Crippen LogP contribution in [0.1, 0.15) is 14.9 Å². The first-order chi connectivity index (χ1) is 13.9. The minimum atomic E-state index is -0.339. The number of benzene rings is 4. The quantitative estimate of drug-likeness (QED) is 0.182. The first-order valence-electron chi connectivity index (χ1n) is 8.85. The molecule has 5 heteroatoms. The first-order valence-corrected chi connectivity index (χ1v) is 13.1. The van der Waals surface area contributed by atoms with Crippen molar-refractivity contribution in [1.29, 1.82) is 0 Å². The fourth-order valence-corrected chi connectivity index (χ4v) is 4.56. The summed E-state index contributed by atoms with van der Waals surface area (Å²) in [6.45, 7) is 0. The second kappa shape index (κ2) is 10.7. The lowest BCUT2D eigenvalue weighted by atomic mass is 10.0. The molecule has 148 valence electrons. The summed E-state index contributed by atoms with van der Waals surface area (Å²) >= 11 is 17.6. The second-order valence-corrected chi connectivity index (χ2v) is 16.1. The SMILES string of the molecule is BrC(Br)(Br)c1cccc2ccccc12.BrC(Br)c1cccc(-c2ccccc2)c1. The molecule has 0 heterocycles. The minimum absolute atomic E-state index is 0.216. The molecule has 29 heavy (non-hydrogen) atoms. The van der Waals surface area contributed by atoms with Gasteiger partial charge in [-0.3, -0.25) is 0 Å². The molecule has 0 aliphatic rings. The molecule has 0 spiro atoms. The summed E-state index contributed by atoms with van der Waals surface area (Å²) in [5.41, 5.74) is 4.91. The molecule has 0 amide bonds. The molecule has 0 N–H and O–H groups in total.